The van der Waals surface area contributed by atoms with Crippen molar-refractivity contribution >= 4 is 21.8 Å². The molecule has 6 heteroatoms. The Balaban J connectivity index is 2.23. The quantitative estimate of drug-likeness (QED) is 0.784. The maximum absolute atomic E-state index is 13.5. The molecule has 0 aromatic heterocycles. The van der Waals surface area contributed by atoms with Gasteiger partial charge < -0.3 is 9.64 Å². The van der Waals surface area contributed by atoms with Crippen LogP contribution in [0.2, 0.25) is 0 Å². The van der Waals surface area contributed by atoms with Gasteiger partial charge in [-0.25, -0.2) is 8.78 Å². The fourth-order valence-electron chi connectivity index (χ4n) is 1.63. The van der Waals surface area contributed by atoms with E-state index >= 15 is 0 Å². The second kappa shape index (κ2) is 4.70. The summed E-state index contributed by atoms with van der Waals surface area (Å²) in [6.07, 6.45) is -0.0191. The summed E-state index contributed by atoms with van der Waals surface area (Å²) in [4.78, 5) is 13.3. The van der Waals surface area contributed by atoms with Crippen molar-refractivity contribution in [3.63, 3.8) is 0 Å². The van der Waals surface area contributed by atoms with Gasteiger partial charge in [-0.05, 0) is 28.1 Å². The van der Waals surface area contributed by atoms with Crippen LogP contribution in [0.4, 0.5) is 8.78 Å². The molecule has 1 aromatic rings. The molecule has 17 heavy (non-hydrogen) atoms. The second-order valence-corrected chi connectivity index (χ2v) is 4.58. The molecule has 1 amide bonds. The van der Waals surface area contributed by atoms with Crippen LogP contribution >= 0.6 is 15.9 Å². The van der Waals surface area contributed by atoms with E-state index in [2.05, 4.69) is 15.9 Å². The third kappa shape index (κ3) is 2.19. The van der Waals surface area contributed by atoms with Crippen molar-refractivity contribution in [3.8, 4) is 0 Å². The molecule has 0 saturated carbocycles. The molecular weight excluding hydrogens is 296 g/mol. The topological polar surface area (TPSA) is 29.5 Å². The van der Waals surface area contributed by atoms with Gasteiger partial charge in [0.25, 0.3) is 5.91 Å². The monoisotopic (exact) mass is 305 g/mol. The van der Waals surface area contributed by atoms with E-state index in [4.69, 9.17) is 4.74 Å². The van der Waals surface area contributed by atoms with Crippen LogP contribution in [0.15, 0.2) is 16.6 Å². The third-order valence-corrected chi connectivity index (χ3v) is 3.50. The van der Waals surface area contributed by atoms with Crippen molar-refractivity contribution < 1.29 is 18.3 Å². The standard InChI is InChI=1S/C11H10BrF2NO2/c1-17-6-4-15(5-6)11(16)9-7(13)2-3-8(14)10(9)12/h2-3,6H,4-5H2,1H3. The maximum Gasteiger partial charge on any atom is 0.258 e. The van der Waals surface area contributed by atoms with Gasteiger partial charge in [0.05, 0.1) is 16.1 Å². The first-order valence-electron chi connectivity index (χ1n) is 5.00. The minimum atomic E-state index is -0.732. The summed E-state index contributed by atoms with van der Waals surface area (Å²) in [6.45, 7) is 0.801. The molecule has 0 radical (unpaired) electrons. The van der Waals surface area contributed by atoms with E-state index in [1.165, 1.54) is 4.90 Å². The number of hydrogen-bond donors (Lipinski definition) is 0. The first kappa shape index (κ1) is 12.4. The average molecular weight is 306 g/mol. The zero-order valence-corrected chi connectivity index (χ0v) is 10.6. The summed E-state index contributed by atoms with van der Waals surface area (Å²) < 4.78 is 31.6. The van der Waals surface area contributed by atoms with Crippen LogP contribution in [0.5, 0.6) is 0 Å². The van der Waals surface area contributed by atoms with Crippen LogP contribution in [-0.4, -0.2) is 37.1 Å². The van der Waals surface area contributed by atoms with Crippen molar-refractivity contribution in [1.29, 1.82) is 0 Å². The first-order chi connectivity index (χ1) is 8.04. The Bertz CT molecular complexity index is 461. The molecular formula is C11H10BrF2NO2. The van der Waals surface area contributed by atoms with Crippen LogP contribution in [0.25, 0.3) is 0 Å². The van der Waals surface area contributed by atoms with Crippen LogP contribution in [0, 0.1) is 11.6 Å². The molecule has 2 rings (SSSR count). The van der Waals surface area contributed by atoms with E-state index in [0.29, 0.717) is 13.1 Å². The molecule has 0 unspecified atom stereocenters. The number of benzene rings is 1. The summed E-state index contributed by atoms with van der Waals surface area (Å²) in [5.41, 5.74) is -0.264. The fourth-order valence-corrected chi connectivity index (χ4v) is 2.13. The van der Waals surface area contributed by atoms with Gasteiger partial charge in [0.15, 0.2) is 0 Å². The predicted octanol–water partition coefficient (Wildman–Crippen LogP) is 2.20. The highest BCUT2D eigenvalue weighted by Gasteiger charge is 2.33. The molecule has 0 bridgehead atoms. The van der Waals surface area contributed by atoms with Crippen molar-refractivity contribution in [3.05, 3.63) is 33.8 Å². The molecule has 0 aliphatic carbocycles. The Morgan fingerprint density at radius 2 is 2.00 bits per heavy atom. The molecule has 1 heterocycles. The number of hydrogen-bond acceptors (Lipinski definition) is 2. The van der Waals surface area contributed by atoms with Gasteiger partial charge in [-0.2, -0.15) is 0 Å². The highest BCUT2D eigenvalue weighted by molar-refractivity contribution is 9.10. The molecule has 0 atom stereocenters. The normalized spacial score (nSPS) is 15.9. The lowest BCUT2D eigenvalue weighted by Gasteiger charge is -2.38. The summed E-state index contributed by atoms with van der Waals surface area (Å²) in [7, 11) is 1.55. The Morgan fingerprint density at radius 3 is 2.59 bits per heavy atom. The number of rotatable bonds is 2. The summed E-state index contributed by atoms with van der Waals surface area (Å²) in [5.74, 6) is -1.91. The number of methoxy groups -OCH3 is 1. The van der Waals surface area contributed by atoms with Gasteiger partial charge in [0.1, 0.15) is 11.6 Å². The predicted molar refractivity (Wildman–Crippen MR) is 60.8 cm³/mol. The smallest absolute Gasteiger partial charge is 0.258 e. The number of likely N-dealkylation sites (tertiary alicyclic amines) is 1. The Labute approximate surface area is 105 Å². The summed E-state index contributed by atoms with van der Waals surface area (Å²) in [5, 5.41) is 0. The average Bonchev–Trinajstić information content (AvgIpc) is 2.23. The minimum absolute atomic E-state index is 0.0191. The SMILES string of the molecule is COC1CN(C(=O)c2c(F)ccc(F)c2Br)C1. The Hall–Kier alpha value is -1.01. The van der Waals surface area contributed by atoms with Crippen LogP contribution < -0.4 is 0 Å². The molecule has 1 saturated heterocycles. The minimum Gasteiger partial charge on any atom is -0.378 e. The highest BCUT2D eigenvalue weighted by Crippen LogP contribution is 2.26. The number of halogens is 3. The Morgan fingerprint density at radius 1 is 1.41 bits per heavy atom. The van der Waals surface area contributed by atoms with E-state index in [-0.39, 0.29) is 16.1 Å². The van der Waals surface area contributed by atoms with Crippen molar-refractivity contribution in [2.24, 2.45) is 0 Å². The van der Waals surface area contributed by atoms with Gasteiger partial charge in [0.2, 0.25) is 0 Å². The summed E-state index contributed by atoms with van der Waals surface area (Å²) in [6, 6.07) is 1.92. The highest BCUT2D eigenvalue weighted by atomic mass is 79.9. The van der Waals surface area contributed by atoms with Crippen LogP contribution in [-0.2, 0) is 4.74 Å². The Kier molecular flexibility index (Phi) is 3.44. The first-order valence-corrected chi connectivity index (χ1v) is 5.79. The van der Waals surface area contributed by atoms with Gasteiger partial charge in [-0.15, -0.1) is 0 Å². The lowest BCUT2D eigenvalue weighted by Crippen LogP contribution is -2.54. The number of nitrogens with zero attached hydrogens (tertiary/aromatic N) is 1. The van der Waals surface area contributed by atoms with Crippen LogP contribution in [0.1, 0.15) is 10.4 Å². The maximum atomic E-state index is 13.5. The van der Waals surface area contributed by atoms with Gasteiger partial charge in [0, 0.05) is 20.2 Å². The van der Waals surface area contributed by atoms with Gasteiger partial charge in [-0.3, -0.25) is 4.79 Å². The van der Waals surface area contributed by atoms with Crippen molar-refractivity contribution in [2.45, 2.75) is 6.10 Å². The van der Waals surface area contributed by atoms with E-state index in [1.807, 2.05) is 0 Å². The third-order valence-electron chi connectivity index (χ3n) is 2.73. The molecule has 1 aliphatic heterocycles. The largest absolute Gasteiger partial charge is 0.378 e. The number of carbonyl (C=O) groups excluding carboxylic acids is 1. The second-order valence-electron chi connectivity index (χ2n) is 3.79. The zero-order valence-electron chi connectivity index (χ0n) is 9.04. The van der Waals surface area contributed by atoms with Gasteiger partial charge >= 0.3 is 0 Å². The van der Waals surface area contributed by atoms with E-state index in [0.717, 1.165) is 12.1 Å². The number of amides is 1. The molecule has 1 fully saturated rings. The lowest BCUT2D eigenvalue weighted by atomic mass is 10.1. The summed E-state index contributed by atoms with van der Waals surface area (Å²) >= 11 is 2.89. The molecule has 1 aromatic carbocycles. The zero-order chi connectivity index (χ0) is 12.6. The fraction of sp³-hybridized carbons (Fsp3) is 0.364. The molecule has 0 spiro atoms. The van der Waals surface area contributed by atoms with E-state index in [9.17, 15) is 13.6 Å². The van der Waals surface area contributed by atoms with Crippen molar-refractivity contribution in [1.82, 2.24) is 4.90 Å². The number of carbonyl (C=O) groups is 1. The molecule has 3 nitrogen and oxygen atoms in total. The van der Waals surface area contributed by atoms with E-state index < -0.39 is 17.5 Å². The number of ether oxygens (including phenoxy) is 1. The molecule has 0 N–H and O–H groups in total. The van der Waals surface area contributed by atoms with Crippen LogP contribution in [0.3, 0.4) is 0 Å². The van der Waals surface area contributed by atoms with Gasteiger partial charge in [-0.1, -0.05) is 0 Å². The molecule has 1 aliphatic rings. The molecule has 92 valence electrons. The lowest BCUT2D eigenvalue weighted by molar-refractivity contribution is -0.0194. The van der Waals surface area contributed by atoms with E-state index in [1.54, 1.807) is 7.11 Å². The van der Waals surface area contributed by atoms with Crippen molar-refractivity contribution in [2.75, 3.05) is 20.2 Å².